The first kappa shape index (κ1) is 30.7. The van der Waals surface area contributed by atoms with E-state index in [2.05, 4.69) is 0 Å². The summed E-state index contributed by atoms with van der Waals surface area (Å²) >= 11 is 0. The zero-order chi connectivity index (χ0) is 28.7. The highest BCUT2D eigenvalue weighted by Gasteiger charge is 2.48. The van der Waals surface area contributed by atoms with Crippen LogP contribution in [0.25, 0.3) is 0 Å². The van der Waals surface area contributed by atoms with Crippen LogP contribution in [-0.4, -0.2) is 74.4 Å². The average molecular weight is 563 g/mol. The lowest BCUT2D eigenvalue weighted by atomic mass is 9.80. The molecule has 0 amide bonds. The van der Waals surface area contributed by atoms with Gasteiger partial charge in [0, 0.05) is 12.3 Å². The van der Waals surface area contributed by atoms with E-state index in [4.69, 9.17) is 9.47 Å². The number of quaternary nitrogens is 1. The van der Waals surface area contributed by atoms with Crippen molar-refractivity contribution in [2.45, 2.75) is 56.4 Å². The van der Waals surface area contributed by atoms with Crippen LogP contribution >= 0.6 is 0 Å². The van der Waals surface area contributed by atoms with E-state index in [0.717, 1.165) is 18.4 Å². The molecule has 2 atom stereocenters. The summed E-state index contributed by atoms with van der Waals surface area (Å²) in [5.74, 6) is -1.83. The lowest BCUT2D eigenvalue weighted by Gasteiger charge is -2.33. The molecule has 0 aromatic heterocycles. The quantitative estimate of drug-likeness (QED) is 0.216. The van der Waals surface area contributed by atoms with Gasteiger partial charge in [-0.05, 0) is 43.9 Å². The number of nitrogens with zero attached hydrogens (tertiary/aromatic N) is 1. The monoisotopic (exact) mass is 562 g/mol. The van der Waals surface area contributed by atoms with Crippen molar-refractivity contribution in [3.63, 3.8) is 0 Å². The molecule has 2 aromatic rings. The number of hydrogen-bond acceptors (Lipinski definition) is 7. The van der Waals surface area contributed by atoms with Gasteiger partial charge in [-0.1, -0.05) is 60.9 Å². The van der Waals surface area contributed by atoms with Gasteiger partial charge in [-0.15, -0.1) is 0 Å². The molecule has 2 aromatic carbocycles. The summed E-state index contributed by atoms with van der Waals surface area (Å²) in [5.41, 5.74) is 0.0648. The second-order valence-electron chi connectivity index (χ2n) is 10.6. The van der Waals surface area contributed by atoms with Gasteiger partial charge < -0.3 is 19.1 Å². The number of esters is 2. The standard InChI is InChI=1S/C29H39NO8S/c1-4-30(3,17-16-23-20-22(2)14-15-26(23)39(34,35)36)18-19-37-27(31)21-38-28(32)29(33,25-12-8-9-13-25)24-10-6-5-7-11-24/h5-7,10-11,14-15,20,25,33H,4,8-9,12-13,16-19,21H2,1-3H3/p+1. The molecule has 0 bridgehead atoms. The molecule has 1 aliphatic rings. The van der Waals surface area contributed by atoms with Crippen LogP contribution in [0.3, 0.4) is 0 Å². The van der Waals surface area contributed by atoms with Crippen LogP contribution in [0.4, 0.5) is 0 Å². The van der Waals surface area contributed by atoms with Crippen molar-refractivity contribution in [3.8, 4) is 0 Å². The molecule has 0 saturated heterocycles. The summed E-state index contributed by atoms with van der Waals surface area (Å²) in [5, 5.41) is 11.4. The first-order chi connectivity index (χ1) is 18.4. The summed E-state index contributed by atoms with van der Waals surface area (Å²) < 4.78 is 44.2. The fraction of sp³-hybridized carbons (Fsp3) is 0.517. The first-order valence-corrected chi connectivity index (χ1v) is 14.8. The maximum Gasteiger partial charge on any atom is 0.344 e. The van der Waals surface area contributed by atoms with Crippen molar-refractivity contribution in [1.82, 2.24) is 0 Å². The van der Waals surface area contributed by atoms with Gasteiger partial charge in [-0.3, -0.25) is 4.55 Å². The summed E-state index contributed by atoms with van der Waals surface area (Å²) in [4.78, 5) is 25.3. The van der Waals surface area contributed by atoms with E-state index in [1.807, 2.05) is 20.9 Å². The van der Waals surface area contributed by atoms with Crippen LogP contribution in [0, 0.1) is 12.8 Å². The Hall–Kier alpha value is -2.79. The van der Waals surface area contributed by atoms with Crippen LogP contribution in [-0.2, 0) is 41.2 Å². The summed E-state index contributed by atoms with van der Waals surface area (Å²) in [6.45, 7) is 5.02. The molecular formula is C29H40NO8S+. The third kappa shape index (κ3) is 7.88. The predicted octanol–water partition coefficient (Wildman–Crippen LogP) is 3.42. The number of aliphatic hydroxyl groups is 1. The molecule has 0 aliphatic heterocycles. The average Bonchev–Trinajstić information content (AvgIpc) is 3.45. The molecule has 214 valence electrons. The molecule has 1 saturated carbocycles. The van der Waals surface area contributed by atoms with Gasteiger partial charge in [0.1, 0.15) is 13.2 Å². The number of carbonyl (C=O) groups excluding carboxylic acids is 2. The minimum Gasteiger partial charge on any atom is -0.457 e. The largest absolute Gasteiger partial charge is 0.457 e. The zero-order valence-electron chi connectivity index (χ0n) is 23.0. The second kappa shape index (κ2) is 13.0. The Morgan fingerprint density at radius 2 is 1.72 bits per heavy atom. The third-order valence-corrected chi connectivity index (χ3v) is 8.82. The van der Waals surface area contributed by atoms with E-state index in [-0.39, 0.29) is 17.4 Å². The summed E-state index contributed by atoms with van der Waals surface area (Å²) in [7, 11) is -2.37. The SMILES string of the molecule is CC[N+](C)(CCOC(=O)COC(=O)C(O)(c1ccccc1)C1CCCC1)CCc1cc(C)ccc1S(=O)(=O)O. The van der Waals surface area contributed by atoms with Crippen LogP contribution in [0.15, 0.2) is 53.4 Å². The van der Waals surface area contributed by atoms with E-state index in [1.165, 1.54) is 6.07 Å². The van der Waals surface area contributed by atoms with E-state index >= 15 is 0 Å². The minimum atomic E-state index is -4.34. The molecule has 2 unspecified atom stereocenters. The fourth-order valence-corrected chi connectivity index (χ4v) is 5.92. The fourth-order valence-electron chi connectivity index (χ4n) is 5.19. The maximum absolute atomic E-state index is 13.0. The van der Waals surface area contributed by atoms with Crippen LogP contribution in [0.1, 0.15) is 49.3 Å². The minimum absolute atomic E-state index is 0.0747. The van der Waals surface area contributed by atoms with Gasteiger partial charge in [0.2, 0.25) is 0 Å². The molecule has 10 heteroatoms. The van der Waals surface area contributed by atoms with Crippen LogP contribution in [0.2, 0.25) is 0 Å². The van der Waals surface area contributed by atoms with Crippen molar-refractivity contribution in [2.24, 2.45) is 5.92 Å². The summed E-state index contributed by atoms with van der Waals surface area (Å²) in [6, 6.07) is 13.5. The molecular weight excluding hydrogens is 522 g/mol. The van der Waals surface area contributed by atoms with Crippen molar-refractivity contribution in [1.29, 1.82) is 0 Å². The lowest BCUT2D eigenvalue weighted by molar-refractivity contribution is -0.907. The Labute approximate surface area is 231 Å². The van der Waals surface area contributed by atoms with E-state index in [1.54, 1.807) is 42.5 Å². The molecule has 0 heterocycles. The Bertz CT molecular complexity index is 1240. The number of carbonyl (C=O) groups is 2. The van der Waals surface area contributed by atoms with Crippen molar-refractivity contribution in [3.05, 3.63) is 65.2 Å². The van der Waals surface area contributed by atoms with E-state index in [0.29, 0.717) is 54.5 Å². The third-order valence-electron chi connectivity index (χ3n) is 7.86. The number of aryl methyl sites for hydroxylation is 1. The normalized spacial score (nSPS) is 17.3. The lowest BCUT2D eigenvalue weighted by Crippen LogP contribution is -2.48. The Morgan fingerprint density at radius 1 is 1.05 bits per heavy atom. The van der Waals surface area contributed by atoms with Gasteiger partial charge in [-0.25, -0.2) is 9.59 Å². The number of likely N-dealkylation sites (N-methyl/N-ethyl adjacent to an activating group) is 1. The molecule has 1 fully saturated rings. The van der Waals surface area contributed by atoms with Gasteiger partial charge >= 0.3 is 11.9 Å². The van der Waals surface area contributed by atoms with Crippen molar-refractivity contribution >= 4 is 22.1 Å². The molecule has 3 rings (SSSR count). The summed E-state index contributed by atoms with van der Waals surface area (Å²) in [6.07, 6.45) is 3.65. The molecule has 1 aliphatic carbocycles. The number of benzene rings is 2. The Morgan fingerprint density at radius 3 is 2.33 bits per heavy atom. The number of hydrogen-bond donors (Lipinski definition) is 2. The first-order valence-electron chi connectivity index (χ1n) is 13.4. The topological polar surface area (TPSA) is 127 Å². The molecule has 0 spiro atoms. The van der Waals surface area contributed by atoms with Crippen molar-refractivity contribution < 1.29 is 41.6 Å². The van der Waals surface area contributed by atoms with E-state index in [9.17, 15) is 27.7 Å². The molecule has 0 radical (unpaired) electrons. The van der Waals surface area contributed by atoms with Gasteiger partial charge in [-0.2, -0.15) is 8.42 Å². The molecule has 9 nitrogen and oxygen atoms in total. The highest BCUT2D eigenvalue weighted by Crippen LogP contribution is 2.41. The van der Waals surface area contributed by atoms with Crippen LogP contribution in [0.5, 0.6) is 0 Å². The number of rotatable bonds is 13. The number of ether oxygens (including phenoxy) is 2. The van der Waals surface area contributed by atoms with Crippen molar-refractivity contribution in [2.75, 3.05) is 39.9 Å². The van der Waals surface area contributed by atoms with Crippen LogP contribution < -0.4 is 0 Å². The molecule has 39 heavy (non-hydrogen) atoms. The highest BCUT2D eigenvalue weighted by molar-refractivity contribution is 7.85. The zero-order valence-corrected chi connectivity index (χ0v) is 23.8. The maximum atomic E-state index is 13.0. The Kier molecular flexibility index (Phi) is 10.3. The van der Waals surface area contributed by atoms with Gasteiger partial charge in [0.15, 0.2) is 12.2 Å². The van der Waals surface area contributed by atoms with E-state index < -0.39 is 34.3 Å². The second-order valence-corrected chi connectivity index (χ2v) is 12.0. The van der Waals surface area contributed by atoms with Gasteiger partial charge in [0.25, 0.3) is 10.1 Å². The predicted molar refractivity (Wildman–Crippen MR) is 145 cm³/mol. The highest BCUT2D eigenvalue weighted by atomic mass is 32.2. The Balaban J connectivity index is 1.54. The molecule has 2 N–H and O–H groups in total. The van der Waals surface area contributed by atoms with Gasteiger partial charge in [0.05, 0.1) is 25.0 Å². The smallest absolute Gasteiger partial charge is 0.344 e.